The Labute approximate surface area is 201 Å². The van der Waals surface area contributed by atoms with Crippen molar-refractivity contribution in [3.8, 4) is 5.75 Å². The first-order valence-corrected chi connectivity index (χ1v) is 12.6. The second kappa shape index (κ2) is 11.7. The molecule has 0 bridgehead atoms. The molecule has 0 heterocycles. The van der Waals surface area contributed by atoms with E-state index in [1.54, 1.807) is 36.4 Å². The van der Waals surface area contributed by atoms with Crippen LogP contribution in [0.15, 0.2) is 83.8 Å². The molecule has 1 amide bonds. The number of hydrogen-bond donors (Lipinski definition) is 2. The molecule has 0 saturated heterocycles. The van der Waals surface area contributed by atoms with Gasteiger partial charge in [0.15, 0.2) is 0 Å². The largest absolute Gasteiger partial charge is 0.494 e. The summed E-state index contributed by atoms with van der Waals surface area (Å²) in [4.78, 5) is 15.0. The second-order valence-corrected chi connectivity index (χ2v) is 9.90. The van der Waals surface area contributed by atoms with Crippen molar-refractivity contribution < 1.29 is 17.9 Å². The van der Waals surface area contributed by atoms with Crippen molar-refractivity contribution in [3.05, 3.63) is 90.0 Å². The molecule has 0 aliphatic carbocycles. The van der Waals surface area contributed by atoms with E-state index in [1.807, 2.05) is 56.3 Å². The van der Waals surface area contributed by atoms with Gasteiger partial charge in [-0.25, -0.2) is 8.42 Å². The molecular formula is C26H31N3O4S. The summed E-state index contributed by atoms with van der Waals surface area (Å²) in [6, 6.07) is 22.5. The van der Waals surface area contributed by atoms with Crippen LogP contribution >= 0.6 is 0 Å². The van der Waals surface area contributed by atoms with E-state index in [9.17, 15) is 13.2 Å². The summed E-state index contributed by atoms with van der Waals surface area (Å²) < 4.78 is 33.8. The molecule has 0 saturated carbocycles. The predicted molar refractivity (Wildman–Crippen MR) is 135 cm³/mol. The first-order chi connectivity index (χ1) is 16.3. The lowest BCUT2D eigenvalue weighted by atomic mass is 10.0. The smallest absolute Gasteiger partial charge is 0.261 e. The first kappa shape index (κ1) is 25.3. The molecule has 1 atom stereocenters. The van der Waals surface area contributed by atoms with Crippen LogP contribution in [-0.2, 0) is 16.4 Å². The Balaban J connectivity index is 1.73. The zero-order chi connectivity index (χ0) is 24.6. The summed E-state index contributed by atoms with van der Waals surface area (Å²) in [5, 5.41) is 3.05. The summed E-state index contributed by atoms with van der Waals surface area (Å²) in [7, 11) is 0.0271. The minimum atomic E-state index is -3.87. The maximum absolute atomic E-state index is 13.0. The molecule has 3 rings (SSSR count). The van der Waals surface area contributed by atoms with E-state index >= 15 is 0 Å². The lowest BCUT2D eigenvalue weighted by molar-refractivity contribution is 0.0930. The number of ether oxygens (including phenoxy) is 1. The van der Waals surface area contributed by atoms with Gasteiger partial charge in [0.05, 0.1) is 11.5 Å². The third-order valence-electron chi connectivity index (χ3n) is 5.07. The molecular weight excluding hydrogens is 450 g/mol. The topological polar surface area (TPSA) is 87.7 Å². The number of amides is 1. The maximum atomic E-state index is 13.0. The zero-order valence-electron chi connectivity index (χ0n) is 19.7. The number of anilines is 1. The monoisotopic (exact) mass is 481 g/mol. The number of sulfonamides is 1. The summed E-state index contributed by atoms with van der Waals surface area (Å²) in [6.45, 7) is 3.06. The molecule has 1 unspecified atom stereocenters. The van der Waals surface area contributed by atoms with Crippen LogP contribution in [0.4, 0.5) is 5.69 Å². The Morgan fingerprint density at radius 2 is 1.68 bits per heavy atom. The Morgan fingerprint density at radius 1 is 0.971 bits per heavy atom. The number of benzene rings is 3. The van der Waals surface area contributed by atoms with Gasteiger partial charge in [-0.2, -0.15) is 0 Å². The van der Waals surface area contributed by atoms with Crippen LogP contribution in [0.25, 0.3) is 0 Å². The van der Waals surface area contributed by atoms with E-state index in [0.29, 0.717) is 31.0 Å². The molecule has 0 aliphatic rings. The van der Waals surface area contributed by atoms with Gasteiger partial charge >= 0.3 is 0 Å². The van der Waals surface area contributed by atoms with Gasteiger partial charge in [0.2, 0.25) is 0 Å². The molecule has 7 nitrogen and oxygen atoms in total. The molecule has 0 aliphatic heterocycles. The van der Waals surface area contributed by atoms with E-state index < -0.39 is 10.0 Å². The minimum absolute atomic E-state index is 0.0150. The van der Waals surface area contributed by atoms with Crippen LogP contribution in [0, 0.1) is 0 Å². The number of rotatable bonds is 11. The van der Waals surface area contributed by atoms with E-state index in [2.05, 4.69) is 10.0 Å². The highest BCUT2D eigenvalue weighted by molar-refractivity contribution is 7.92. The number of nitrogens with zero attached hydrogens (tertiary/aromatic N) is 1. The Bertz CT molecular complexity index is 1180. The zero-order valence-corrected chi connectivity index (χ0v) is 20.5. The van der Waals surface area contributed by atoms with Gasteiger partial charge in [-0.05, 0) is 75.5 Å². The molecule has 8 heteroatoms. The van der Waals surface area contributed by atoms with Crippen LogP contribution in [0.1, 0.15) is 22.8 Å². The third kappa shape index (κ3) is 7.33. The lowest BCUT2D eigenvalue weighted by Crippen LogP contribution is -2.43. The standard InChI is InChI=1S/C26H31N3O4S/c1-4-33-24-15-13-22(14-16-24)28-34(31,32)25-12-8-11-21(18-25)26(30)27-23(19-29(2)3)17-20-9-6-5-7-10-20/h5-16,18,23,28H,4,17,19H2,1-3H3,(H,27,30). The quantitative estimate of drug-likeness (QED) is 0.435. The molecule has 0 radical (unpaired) electrons. The molecule has 0 fully saturated rings. The third-order valence-corrected chi connectivity index (χ3v) is 6.45. The fourth-order valence-electron chi connectivity index (χ4n) is 3.57. The lowest BCUT2D eigenvalue weighted by Gasteiger charge is -2.23. The van der Waals surface area contributed by atoms with E-state index in [1.165, 1.54) is 12.1 Å². The number of hydrogen-bond acceptors (Lipinski definition) is 5. The van der Waals surface area contributed by atoms with Crippen LogP contribution < -0.4 is 14.8 Å². The number of carbonyl (C=O) groups excluding carboxylic acids is 1. The molecule has 2 N–H and O–H groups in total. The van der Waals surface area contributed by atoms with Crippen molar-refractivity contribution in [2.75, 3.05) is 32.0 Å². The molecule has 34 heavy (non-hydrogen) atoms. The van der Waals surface area contributed by atoms with E-state index in [4.69, 9.17) is 4.74 Å². The van der Waals surface area contributed by atoms with Crippen LogP contribution in [0.5, 0.6) is 5.75 Å². The second-order valence-electron chi connectivity index (χ2n) is 8.21. The number of nitrogens with one attached hydrogen (secondary N) is 2. The molecule has 0 aromatic heterocycles. The fourth-order valence-corrected chi connectivity index (χ4v) is 4.68. The Kier molecular flexibility index (Phi) is 8.67. The Hall–Kier alpha value is -3.36. The van der Waals surface area contributed by atoms with E-state index in [0.717, 1.165) is 5.56 Å². The normalized spacial score (nSPS) is 12.2. The van der Waals surface area contributed by atoms with Crippen molar-refractivity contribution in [2.24, 2.45) is 0 Å². The molecule has 0 spiro atoms. The van der Waals surface area contributed by atoms with Gasteiger partial charge in [0.25, 0.3) is 15.9 Å². The van der Waals surface area contributed by atoms with Crippen molar-refractivity contribution in [3.63, 3.8) is 0 Å². The van der Waals surface area contributed by atoms with Crippen LogP contribution in [-0.4, -0.2) is 52.5 Å². The molecule has 180 valence electrons. The molecule has 3 aromatic carbocycles. The highest BCUT2D eigenvalue weighted by atomic mass is 32.2. The van der Waals surface area contributed by atoms with Crippen LogP contribution in [0.2, 0.25) is 0 Å². The van der Waals surface area contributed by atoms with Crippen molar-refractivity contribution in [1.82, 2.24) is 10.2 Å². The first-order valence-electron chi connectivity index (χ1n) is 11.1. The van der Waals surface area contributed by atoms with Crippen LogP contribution in [0.3, 0.4) is 0 Å². The van der Waals surface area contributed by atoms with Gasteiger partial charge in [-0.1, -0.05) is 36.4 Å². The number of carbonyl (C=O) groups is 1. The Morgan fingerprint density at radius 3 is 2.32 bits per heavy atom. The predicted octanol–water partition coefficient (Wildman–Crippen LogP) is 3.79. The summed E-state index contributed by atoms with van der Waals surface area (Å²) >= 11 is 0. The SMILES string of the molecule is CCOc1ccc(NS(=O)(=O)c2cccc(C(=O)NC(Cc3ccccc3)CN(C)C)c2)cc1. The fraction of sp³-hybridized carbons (Fsp3) is 0.269. The van der Waals surface area contributed by atoms with Gasteiger partial charge in [-0.15, -0.1) is 0 Å². The van der Waals surface area contributed by atoms with Gasteiger partial charge in [0, 0.05) is 23.8 Å². The average Bonchev–Trinajstić information content (AvgIpc) is 2.80. The van der Waals surface area contributed by atoms with E-state index in [-0.39, 0.29) is 22.4 Å². The van der Waals surface area contributed by atoms with Crippen molar-refractivity contribution in [1.29, 1.82) is 0 Å². The van der Waals surface area contributed by atoms with Gasteiger partial charge in [0.1, 0.15) is 5.75 Å². The summed E-state index contributed by atoms with van der Waals surface area (Å²) in [5.74, 6) is 0.341. The number of likely N-dealkylation sites (N-methyl/N-ethyl adjacent to an activating group) is 1. The highest BCUT2D eigenvalue weighted by Gasteiger charge is 2.19. The average molecular weight is 482 g/mol. The minimum Gasteiger partial charge on any atom is -0.494 e. The maximum Gasteiger partial charge on any atom is 0.261 e. The van der Waals surface area contributed by atoms with Crippen molar-refractivity contribution in [2.45, 2.75) is 24.3 Å². The highest BCUT2D eigenvalue weighted by Crippen LogP contribution is 2.20. The van der Waals surface area contributed by atoms with Gasteiger partial charge in [-0.3, -0.25) is 9.52 Å². The van der Waals surface area contributed by atoms with Crippen molar-refractivity contribution >= 4 is 21.6 Å². The summed E-state index contributed by atoms with van der Waals surface area (Å²) in [6.07, 6.45) is 0.669. The summed E-state index contributed by atoms with van der Waals surface area (Å²) in [5.41, 5.74) is 1.81. The van der Waals surface area contributed by atoms with Gasteiger partial charge < -0.3 is 15.0 Å². The molecule has 3 aromatic rings.